The molecule has 2 rings (SSSR count). The topological polar surface area (TPSA) is 38.7 Å². The van der Waals surface area contributed by atoms with E-state index in [-0.39, 0.29) is 12.0 Å². The van der Waals surface area contributed by atoms with Gasteiger partial charge in [-0.15, -0.1) is 0 Å². The summed E-state index contributed by atoms with van der Waals surface area (Å²) in [7, 11) is 1.65. The van der Waals surface area contributed by atoms with E-state index in [1.165, 1.54) is 12.8 Å². The third-order valence-electron chi connectivity index (χ3n) is 3.93. The predicted octanol–water partition coefficient (Wildman–Crippen LogP) is 2.87. The van der Waals surface area contributed by atoms with Crippen molar-refractivity contribution in [1.29, 1.82) is 0 Å². The van der Waals surface area contributed by atoms with Gasteiger partial charge in [0.05, 0.1) is 13.7 Å². The molecular weight excluding hydrogens is 228 g/mol. The van der Waals surface area contributed by atoms with Gasteiger partial charge in [0.15, 0.2) is 0 Å². The van der Waals surface area contributed by atoms with Crippen LogP contribution in [0.2, 0.25) is 0 Å². The smallest absolute Gasteiger partial charge is 0.119 e. The lowest BCUT2D eigenvalue weighted by molar-refractivity contribution is 0.0912. The third-order valence-corrected chi connectivity index (χ3v) is 3.93. The zero-order valence-corrected chi connectivity index (χ0v) is 11.2. The average molecular weight is 250 g/mol. The van der Waals surface area contributed by atoms with Crippen LogP contribution in [-0.4, -0.2) is 25.4 Å². The molecule has 0 bridgehead atoms. The minimum Gasteiger partial charge on any atom is -0.497 e. The molecule has 1 aromatic carbocycles. The number of benzene rings is 1. The van der Waals surface area contributed by atoms with Crippen LogP contribution in [0.1, 0.15) is 26.2 Å². The van der Waals surface area contributed by atoms with Gasteiger partial charge in [-0.05, 0) is 54.9 Å². The molecule has 0 aliphatic heterocycles. The maximum atomic E-state index is 9.49. The number of aliphatic hydroxyl groups excluding tert-OH is 1. The van der Waals surface area contributed by atoms with Crippen molar-refractivity contribution >= 4 is 0 Å². The fourth-order valence-electron chi connectivity index (χ4n) is 2.27. The largest absolute Gasteiger partial charge is 0.497 e. The van der Waals surface area contributed by atoms with Gasteiger partial charge >= 0.3 is 0 Å². The molecule has 3 heteroatoms. The zero-order chi connectivity index (χ0) is 13.0. The Kier molecular flexibility index (Phi) is 4.12. The minimum absolute atomic E-state index is 0.0342. The molecule has 0 heterocycles. The number of aliphatic hydroxyl groups is 1. The Morgan fingerprint density at radius 1 is 1.22 bits per heavy atom. The second-order valence-corrected chi connectivity index (χ2v) is 5.36. The number of hydrogen-bond donors (Lipinski definition) is 1. The van der Waals surface area contributed by atoms with Crippen molar-refractivity contribution in [2.75, 3.05) is 20.3 Å². The molecule has 1 atom stereocenters. The maximum Gasteiger partial charge on any atom is 0.119 e. The number of hydrogen-bond acceptors (Lipinski definition) is 3. The van der Waals surface area contributed by atoms with Gasteiger partial charge in [0, 0.05) is 6.61 Å². The molecule has 1 aromatic rings. The van der Waals surface area contributed by atoms with Crippen molar-refractivity contribution in [3.8, 4) is 11.5 Å². The molecule has 0 saturated heterocycles. The van der Waals surface area contributed by atoms with Crippen LogP contribution in [-0.2, 0) is 0 Å². The molecule has 1 saturated carbocycles. The molecule has 1 aliphatic rings. The zero-order valence-electron chi connectivity index (χ0n) is 11.2. The summed E-state index contributed by atoms with van der Waals surface area (Å²) in [6, 6.07) is 7.60. The van der Waals surface area contributed by atoms with Gasteiger partial charge in [-0.1, -0.05) is 6.92 Å². The van der Waals surface area contributed by atoms with Crippen molar-refractivity contribution in [2.45, 2.75) is 26.2 Å². The van der Waals surface area contributed by atoms with E-state index in [9.17, 15) is 5.11 Å². The molecule has 1 aliphatic carbocycles. The summed E-state index contributed by atoms with van der Waals surface area (Å²) < 4.78 is 10.8. The molecule has 1 fully saturated rings. The summed E-state index contributed by atoms with van der Waals surface area (Å²) in [5, 5.41) is 9.49. The lowest BCUT2D eigenvalue weighted by Crippen LogP contribution is -2.26. The molecule has 0 radical (unpaired) electrons. The monoisotopic (exact) mass is 250 g/mol. The van der Waals surface area contributed by atoms with Crippen LogP contribution in [0.25, 0.3) is 0 Å². The quantitative estimate of drug-likeness (QED) is 0.808. The lowest BCUT2D eigenvalue weighted by atomic mass is 9.83. The predicted molar refractivity (Wildman–Crippen MR) is 71.0 cm³/mol. The highest BCUT2D eigenvalue weighted by atomic mass is 16.5. The first-order valence-electron chi connectivity index (χ1n) is 6.56. The first-order valence-corrected chi connectivity index (χ1v) is 6.56. The van der Waals surface area contributed by atoms with Gasteiger partial charge in [-0.25, -0.2) is 0 Å². The summed E-state index contributed by atoms with van der Waals surface area (Å²) in [5.41, 5.74) is 0.0342. The summed E-state index contributed by atoms with van der Waals surface area (Å²) in [4.78, 5) is 0. The third kappa shape index (κ3) is 3.16. The van der Waals surface area contributed by atoms with Gasteiger partial charge < -0.3 is 14.6 Å². The van der Waals surface area contributed by atoms with E-state index < -0.39 is 0 Å². The van der Waals surface area contributed by atoms with Gasteiger partial charge in [0.1, 0.15) is 11.5 Å². The maximum absolute atomic E-state index is 9.49. The van der Waals surface area contributed by atoms with E-state index in [1.54, 1.807) is 7.11 Å². The summed E-state index contributed by atoms with van der Waals surface area (Å²) >= 11 is 0. The molecular formula is C15H22O3. The molecule has 0 amide bonds. The standard InChI is InChI=1S/C15H22O3/c1-15(11-16,12-3-4-12)9-10-18-14-7-5-13(17-2)6-8-14/h5-8,12,16H,3-4,9-11H2,1-2H3. The van der Waals surface area contributed by atoms with Crippen molar-refractivity contribution in [2.24, 2.45) is 11.3 Å². The highest BCUT2D eigenvalue weighted by Crippen LogP contribution is 2.47. The highest BCUT2D eigenvalue weighted by Gasteiger charge is 2.40. The van der Waals surface area contributed by atoms with E-state index in [1.807, 2.05) is 24.3 Å². The summed E-state index contributed by atoms with van der Waals surface area (Å²) in [6.07, 6.45) is 3.40. The van der Waals surface area contributed by atoms with Gasteiger partial charge in [-0.3, -0.25) is 0 Å². The molecule has 100 valence electrons. The minimum atomic E-state index is 0.0342. The van der Waals surface area contributed by atoms with Crippen LogP contribution < -0.4 is 9.47 Å². The highest BCUT2D eigenvalue weighted by molar-refractivity contribution is 5.31. The van der Waals surface area contributed by atoms with Crippen LogP contribution in [0.5, 0.6) is 11.5 Å². The van der Waals surface area contributed by atoms with Gasteiger partial charge in [-0.2, -0.15) is 0 Å². The fourth-order valence-corrected chi connectivity index (χ4v) is 2.27. The van der Waals surface area contributed by atoms with E-state index in [0.29, 0.717) is 12.5 Å². The van der Waals surface area contributed by atoms with Crippen LogP contribution in [0.4, 0.5) is 0 Å². The summed E-state index contributed by atoms with van der Waals surface area (Å²) in [6.45, 7) is 3.06. The van der Waals surface area contributed by atoms with Crippen LogP contribution in [0.15, 0.2) is 24.3 Å². The first-order chi connectivity index (χ1) is 8.68. The van der Waals surface area contributed by atoms with E-state index in [0.717, 1.165) is 17.9 Å². The Bertz CT molecular complexity index is 370. The van der Waals surface area contributed by atoms with Crippen LogP contribution >= 0.6 is 0 Å². The van der Waals surface area contributed by atoms with Crippen LogP contribution in [0, 0.1) is 11.3 Å². The lowest BCUT2D eigenvalue weighted by Gasteiger charge is -2.27. The second-order valence-electron chi connectivity index (χ2n) is 5.36. The average Bonchev–Trinajstić information content (AvgIpc) is 3.24. The number of ether oxygens (including phenoxy) is 2. The Labute approximate surface area is 109 Å². The van der Waals surface area contributed by atoms with E-state index >= 15 is 0 Å². The van der Waals surface area contributed by atoms with Crippen molar-refractivity contribution in [3.05, 3.63) is 24.3 Å². The Balaban J connectivity index is 1.80. The van der Waals surface area contributed by atoms with Crippen molar-refractivity contribution in [3.63, 3.8) is 0 Å². The second kappa shape index (κ2) is 5.61. The Morgan fingerprint density at radius 3 is 2.33 bits per heavy atom. The van der Waals surface area contributed by atoms with Gasteiger partial charge in [0.2, 0.25) is 0 Å². The van der Waals surface area contributed by atoms with Crippen molar-refractivity contribution < 1.29 is 14.6 Å². The molecule has 18 heavy (non-hydrogen) atoms. The van der Waals surface area contributed by atoms with Gasteiger partial charge in [0.25, 0.3) is 0 Å². The Morgan fingerprint density at radius 2 is 1.83 bits per heavy atom. The fraction of sp³-hybridized carbons (Fsp3) is 0.600. The number of methoxy groups -OCH3 is 1. The normalized spacial score (nSPS) is 18.2. The molecule has 0 spiro atoms. The molecule has 3 nitrogen and oxygen atoms in total. The van der Waals surface area contributed by atoms with E-state index in [2.05, 4.69) is 6.92 Å². The molecule has 1 unspecified atom stereocenters. The first kappa shape index (κ1) is 13.2. The van der Waals surface area contributed by atoms with E-state index in [4.69, 9.17) is 9.47 Å². The molecule has 0 aromatic heterocycles. The SMILES string of the molecule is COc1ccc(OCCC(C)(CO)C2CC2)cc1. The van der Waals surface area contributed by atoms with Crippen LogP contribution in [0.3, 0.4) is 0 Å². The number of rotatable bonds is 7. The summed E-state index contributed by atoms with van der Waals surface area (Å²) in [5.74, 6) is 2.37. The molecule has 1 N–H and O–H groups in total. The Hall–Kier alpha value is -1.22. The van der Waals surface area contributed by atoms with Crippen molar-refractivity contribution in [1.82, 2.24) is 0 Å².